The zero-order chi connectivity index (χ0) is 21.8. The second-order valence-corrected chi connectivity index (χ2v) is 10.8. The van der Waals surface area contributed by atoms with Crippen molar-refractivity contribution >= 4 is 33.4 Å². The SMILES string of the molecule is C[C@H](Sc1ccc(S(=O)(=O)N2CCCCCC2)cn1)C(=O)Nc1ccc2c(c1)OCO2. The third-order valence-electron chi connectivity index (χ3n) is 5.22. The minimum absolute atomic E-state index is 0.175. The quantitative estimate of drug-likeness (QED) is 0.655. The zero-order valence-corrected chi connectivity index (χ0v) is 18.9. The number of thioether (sulfide) groups is 1. The first kappa shape index (κ1) is 21.9. The number of nitrogens with zero attached hydrogens (tertiary/aromatic N) is 2. The number of nitrogens with one attached hydrogen (secondary N) is 1. The second kappa shape index (κ2) is 9.46. The van der Waals surface area contributed by atoms with Crippen LogP contribution in [0.5, 0.6) is 11.5 Å². The summed E-state index contributed by atoms with van der Waals surface area (Å²) in [4.78, 5) is 17.0. The van der Waals surface area contributed by atoms with E-state index in [2.05, 4.69) is 10.3 Å². The maximum Gasteiger partial charge on any atom is 0.244 e. The molecule has 2 aliphatic rings. The number of carbonyl (C=O) groups is 1. The van der Waals surface area contributed by atoms with Gasteiger partial charge in [-0.25, -0.2) is 13.4 Å². The molecule has 1 aromatic carbocycles. The molecule has 4 rings (SSSR count). The van der Waals surface area contributed by atoms with Crippen molar-refractivity contribution in [3.05, 3.63) is 36.5 Å². The molecule has 0 saturated carbocycles. The Bertz CT molecular complexity index is 1040. The highest BCUT2D eigenvalue weighted by molar-refractivity contribution is 8.00. The number of aromatic nitrogens is 1. The highest BCUT2D eigenvalue weighted by atomic mass is 32.2. The molecule has 2 aliphatic heterocycles. The molecule has 1 aromatic heterocycles. The first-order chi connectivity index (χ1) is 14.9. The maximum absolute atomic E-state index is 12.9. The van der Waals surface area contributed by atoms with Gasteiger partial charge in [0, 0.05) is 31.0 Å². The Morgan fingerprint density at radius 2 is 1.84 bits per heavy atom. The van der Waals surface area contributed by atoms with E-state index in [0.29, 0.717) is 35.3 Å². The van der Waals surface area contributed by atoms with E-state index in [9.17, 15) is 13.2 Å². The molecule has 0 bridgehead atoms. The predicted octanol–water partition coefficient (Wildman–Crippen LogP) is 3.49. The summed E-state index contributed by atoms with van der Waals surface area (Å²) in [5.41, 5.74) is 0.619. The first-order valence-corrected chi connectivity index (χ1v) is 12.6. The van der Waals surface area contributed by atoms with Gasteiger partial charge in [-0.05, 0) is 44.0 Å². The molecular formula is C21H25N3O5S2. The summed E-state index contributed by atoms with van der Waals surface area (Å²) in [5.74, 6) is 1.06. The van der Waals surface area contributed by atoms with E-state index in [4.69, 9.17) is 9.47 Å². The lowest BCUT2D eigenvalue weighted by atomic mass is 10.2. The van der Waals surface area contributed by atoms with E-state index < -0.39 is 15.3 Å². The third-order valence-corrected chi connectivity index (χ3v) is 8.15. The summed E-state index contributed by atoms with van der Waals surface area (Å²) in [6.07, 6.45) is 5.27. The lowest BCUT2D eigenvalue weighted by Crippen LogP contribution is -2.32. The van der Waals surface area contributed by atoms with Crippen molar-refractivity contribution in [3.63, 3.8) is 0 Å². The lowest BCUT2D eigenvalue weighted by molar-refractivity contribution is -0.115. The average Bonchev–Trinajstić information content (AvgIpc) is 3.04. The number of hydrogen-bond acceptors (Lipinski definition) is 7. The van der Waals surface area contributed by atoms with Crippen molar-refractivity contribution in [2.45, 2.75) is 47.8 Å². The van der Waals surface area contributed by atoms with Crippen molar-refractivity contribution in [2.75, 3.05) is 25.2 Å². The van der Waals surface area contributed by atoms with Crippen molar-refractivity contribution in [1.29, 1.82) is 0 Å². The molecule has 8 nitrogen and oxygen atoms in total. The maximum atomic E-state index is 12.9. The van der Waals surface area contributed by atoms with Crippen LogP contribution >= 0.6 is 11.8 Å². The summed E-state index contributed by atoms with van der Waals surface area (Å²) in [7, 11) is -3.53. The van der Waals surface area contributed by atoms with Gasteiger partial charge in [-0.1, -0.05) is 24.6 Å². The Morgan fingerprint density at radius 3 is 2.55 bits per heavy atom. The summed E-state index contributed by atoms with van der Waals surface area (Å²) in [6, 6.07) is 8.44. The van der Waals surface area contributed by atoms with Crippen LogP contribution in [0.3, 0.4) is 0 Å². The Morgan fingerprint density at radius 1 is 1.10 bits per heavy atom. The molecule has 1 saturated heterocycles. The first-order valence-electron chi connectivity index (χ1n) is 10.3. The van der Waals surface area contributed by atoms with E-state index in [1.165, 1.54) is 18.0 Å². The fourth-order valence-electron chi connectivity index (χ4n) is 3.47. The summed E-state index contributed by atoms with van der Waals surface area (Å²) in [6.45, 7) is 3.05. The highest BCUT2D eigenvalue weighted by Crippen LogP contribution is 2.34. The number of pyridine rings is 1. The molecule has 0 unspecified atom stereocenters. The standard InChI is InChI=1S/C21H25N3O5S2/c1-15(21(25)23-16-6-8-18-19(12-16)29-14-28-18)30-20-9-7-17(13-22-20)31(26,27)24-10-4-2-3-5-11-24/h6-9,12-13,15H,2-5,10-11,14H2,1H3,(H,23,25)/t15-/m0/s1. The molecule has 0 radical (unpaired) electrons. The minimum Gasteiger partial charge on any atom is -0.454 e. The van der Waals surface area contributed by atoms with Gasteiger partial charge in [0.15, 0.2) is 11.5 Å². The van der Waals surface area contributed by atoms with Crippen molar-refractivity contribution in [1.82, 2.24) is 9.29 Å². The number of fused-ring (bicyclic) bond motifs is 1. The van der Waals surface area contributed by atoms with Gasteiger partial charge in [0.25, 0.3) is 0 Å². The number of ether oxygens (including phenoxy) is 2. The van der Waals surface area contributed by atoms with Gasteiger partial charge in [0.1, 0.15) is 4.90 Å². The second-order valence-electron chi connectivity index (χ2n) is 7.47. The zero-order valence-electron chi connectivity index (χ0n) is 17.2. The van der Waals surface area contributed by atoms with Crippen molar-refractivity contribution in [3.8, 4) is 11.5 Å². The summed E-state index contributed by atoms with van der Waals surface area (Å²) >= 11 is 1.27. The van der Waals surface area contributed by atoms with Crippen molar-refractivity contribution < 1.29 is 22.7 Å². The predicted molar refractivity (Wildman–Crippen MR) is 118 cm³/mol. The van der Waals surface area contributed by atoms with Crippen LogP contribution in [0.2, 0.25) is 0 Å². The monoisotopic (exact) mass is 463 g/mol. The Labute approximate surface area is 186 Å². The van der Waals surface area contributed by atoms with E-state index in [0.717, 1.165) is 25.7 Å². The number of rotatable bonds is 6. The van der Waals surface area contributed by atoms with E-state index in [1.54, 1.807) is 41.6 Å². The van der Waals surface area contributed by atoms with E-state index in [-0.39, 0.29) is 17.6 Å². The van der Waals surface area contributed by atoms with Gasteiger partial charge in [0.05, 0.1) is 10.3 Å². The lowest BCUT2D eigenvalue weighted by Gasteiger charge is -2.19. The number of amides is 1. The third kappa shape index (κ3) is 5.13. The van der Waals surface area contributed by atoms with Crippen LogP contribution in [0.4, 0.5) is 5.69 Å². The molecule has 3 heterocycles. The van der Waals surface area contributed by atoms with Crippen LogP contribution in [-0.4, -0.2) is 48.7 Å². The van der Waals surface area contributed by atoms with Crippen LogP contribution in [0, 0.1) is 0 Å². The smallest absolute Gasteiger partial charge is 0.244 e. The fourth-order valence-corrected chi connectivity index (χ4v) is 5.72. The van der Waals surface area contributed by atoms with Crippen LogP contribution in [-0.2, 0) is 14.8 Å². The normalized spacial score (nSPS) is 17.7. The van der Waals surface area contributed by atoms with E-state index >= 15 is 0 Å². The van der Waals surface area contributed by atoms with Gasteiger partial charge in [0.2, 0.25) is 22.7 Å². The number of anilines is 1. The van der Waals surface area contributed by atoms with E-state index in [1.807, 2.05) is 0 Å². The van der Waals surface area contributed by atoms with Gasteiger partial charge in [-0.15, -0.1) is 0 Å². The number of hydrogen-bond donors (Lipinski definition) is 1. The molecule has 0 aliphatic carbocycles. The van der Waals surface area contributed by atoms with Gasteiger partial charge in [-0.3, -0.25) is 4.79 Å². The number of carbonyl (C=O) groups excluding carboxylic acids is 1. The number of sulfonamides is 1. The molecule has 2 aromatic rings. The molecule has 1 amide bonds. The Hall–Kier alpha value is -2.30. The number of benzene rings is 1. The van der Waals surface area contributed by atoms with Crippen LogP contribution in [0.1, 0.15) is 32.6 Å². The molecule has 1 fully saturated rings. The van der Waals surface area contributed by atoms with Crippen LogP contribution in [0.15, 0.2) is 46.5 Å². The summed E-state index contributed by atoms with van der Waals surface area (Å²) < 4.78 is 37.9. The van der Waals surface area contributed by atoms with Gasteiger partial charge < -0.3 is 14.8 Å². The van der Waals surface area contributed by atoms with Crippen LogP contribution < -0.4 is 14.8 Å². The Kier molecular flexibility index (Phi) is 6.68. The molecule has 166 valence electrons. The topological polar surface area (TPSA) is 97.8 Å². The Balaban J connectivity index is 1.37. The fraction of sp³-hybridized carbons (Fsp3) is 0.429. The molecule has 0 spiro atoms. The summed E-state index contributed by atoms with van der Waals surface area (Å²) in [5, 5.41) is 3.01. The average molecular weight is 464 g/mol. The molecular weight excluding hydrogens is 438 g/mol. The molecule has 1 N–H and O–H groups in total. The molecule has 10 heteroatoms. The molecule has 31 heavy (non-hydrogen) atoms. The van der Waals surface area contributed by atoms with Gasteiger partial charge in [-0.2, -0.15) is 4.31 Å². The van der Waals surface area contributed by atoms with Crippen LogP contribution in [0.25, 0.3) is 0 Å². The van der Waals surface area contributed by atoms with Gasteiger partial charge >= 0.3 is 0 Å². The highest BCUT2D eigenvalue weighted by Gasteiger charge is 2.26. The molecule has 1 atom stereocenters. The largest absolute Gasteiger partial charge is 0.454 e. The minimum atomic E-state index is -3.53. The van der Waals surface area contributed by atoms with Crippen molar-refractivity contribution in [2.24, 2.45) is 0 Å².